The number of benzene rings is 7. The molecule has 0 atom stereocenters. The Morgan fingerprint density at radius 1 is 0.436 bits per heavy atom. The lowest BCUT2D eigenvalue weighted by atomic mass is 9.99. The molecule has 0 bridgehead atoms. The second kappa shape index (κ2) is 13.4. The van der Waals surface area contributed by atoms with Crippen molar-refractivity contribution >= 4 is 32.7 Å². The number of rotatable bonds is 6. The standard InChI is InChI=1S/C50H31N5/c51-32-33-12-11-15-39(30-33)45-31-44(36-13-3-1-4-14-36)53-50(54-45)38-28-24-35(25-29-38)34-22-26-37(27-23-34)48-49-47(41-18-7-9-20-43(41)52-48)42-19-8-10-21-46(42)55(49)40-16-5-2-6-17-40/h1-31H. The first-order valence-electron chi connectivity index (χ1n) is 18.3. The summed E-state index contributed by atoms with van der Waals surface area (Å²) in [6, 6.07) is 66.6. The van der Waals surface area contributed by atoms with Crippen LogP contribution in [0.3, 0.4) is 0 Å². The Morgan fingerprint density at radius 3 is 1.75 bits per heavy atom. The molecule has 0 fully saturated rings. The number of nitriles is 1. The number of para-hydroxylation sites is 3. The molecule has 5 heteroatoms. The first kappa shape index (κ1) is 32.0. The van der Waals surface area contributed by atoms with Gasteiger partial charge in [0.2, 0.25) is 0 Å². The van der Waals surface area contributed by atoms with Gasteiger partial charge in [0.1, 0.15) is 0 Å². The van der Waals surface area contributed by atoms with E-state index in [4.69, 9.17) is 15.0 Å². The molecule has 0 spiro atoms. The minimum atomic E-state index is 0.591. The molecule has 0 unspecified atom stereocenters. The number of hydrogen-bond acceptors (Lipinski definition) is 4. The molecule has 0 saturated heterocycles. The monoisotopic (exact) mass is 701 g/mol. The Hall–Kier alpha value is -7.68. The van der Waals surface area contributed by atoms with Gasteiger partial charge in [0.05, 0.1) is 45.3 Å². The molecule has 0 saturated carbocycles. The van der Waals surface area contributed by atoms with Crippen LogP contribution in [0.2, 0.25) is 0 Å². The Kier molecular flexibility index (Phi) is 7.79. The lowest BCUT2D eigenvalue weighted by molar-refractivity contribution is 1.17. The highest BCUT2D eigenvalue weighted by Gasteiger charge is 2.20. The Balaban J connectivity index is 1.05. The van der Waals surface area contributed by atoms with E-state index in [0.29, 0.717) is 11.4 Å². The van der Waals surface area contributed by atoms with Crippen LogP contribution in [-0.4, -0.2) is 19.5 Å². The maximum absolute atomic E-state index is 9.54. The molecule has 256 valence electrons. The Morgan fingerprint density at radius 2 is 1.02 bits per heavy atom. The fraction of sp³-hybridized carbons (Fsp3) is 0. The number of fused-ring (bicyclic) bond motifs is 5. The average molecular weight is 702 g/mol. The maximum atomic E-state index is 9.54. The summed E-state index contributed by atoms with van der Waals surface area (Å²) in [7, 11) is 0. The van der Waals surface area contributed by atoms with Gasteiger partial charge < -0.3 is 4.57 Å². The van der Waals surface area contributed by atoms with Crippen molar-refractivity contribution in [3.63, 3.8) is 0 Å². The molecule has 0 aliphatic heterocycles. The highest BCUT2D eigenvalue weighted by atomic mass is 15.0. The van der Waals surface area contributed by atoms with E-state index in [0.717, 1.165) is 78.1 Å². The summed E-state index contributed by atoms with van der Waals surface area (Å²) in [6.07, 6.45) is 0. The third-order valence-electron chi connectivity index (χ3n) is 10.2. The molecule has 10 aromatic rings. The second-order valence-electron chi connectivity index (χ2n) is 13.6. The van der Waals surface area contributed by atoms with E-state index in [2.05, 4.69) is 138 Å². The van der Waals surface area contributed by atoms with E-state index in [1.807, 2.05) is 54.6 Å². The van der Waals surface area contributed by atoms with Gasteiger partial charge in [0.15, 0.2) is 5.82 Å². The van der Waals surface area contributed by atoms with E-state index in [-0.39, 0.29) is 0 Å². The smallest absolute Gasteiger partial charge is 0.160 e. The van der Waals surface area contributed by atoms with Crippen molar-refractivity contribution in [3.05, 3.63) is 194 Å². The van der Waals surface area contributed by atoms with Crippen LogP contribution < -0.4 is 0 Å². The van der Waals surface area contributed by atoms with Crippen molar-refractivity contribution in [1.82, 2.24) is 19.5 Å². The highest BCUT2D eigenvalue weighted by Crippen LogP contribution is 2.41. The zero-order valence-electron chi connectivity index (χ0n) is 29.6. The van der Waals surface area contributed by atoms with Gasteiger partial charge in [-0.15, -0.1) is 0 Å². The van der Waals surface area contributed by atoms with Gasteiger partial charge in [-0.2, -0.15) is 5.26 Å². The van der Waals surface area contributed by atoms with Crippen LogP contribution in [0.1, 0.15) is 5.56 Å². The summed E-state index contributed by atoms with van der Waals surface area (Å²) in [5.41, 5.74) is 13.5. The third kappa shape index (κ3) is 5.70. The Labute approximate surface area is 318 Å². The summed E-state index contributed by atoms with van der Waals surface area (Å²) < 4.78 is 2.35. The fourth-order valence-corrected chi connectivity index (χ4v) is 7.60. The summed E-state index contributed by atoms with van der Waals surface area (Å²) in [5.74, 6) is 0.626. The van der Waals surface area contributed by atoms with Crippen molar-refractivity contribution in [3.8, 4) is 68.0 Å². The number of nitrogens with zero attached hydrogens (tertiary/aromatic N) is 5. The molecule has 3 aromatic heterocycles. The first-order chi connectivity index (χ1) is 27.2. The van der Waals surface area contributed by atoms with Crippen molar-refractivity contribution in [2.75, 3.05) is 0 Å². The predicted octanol–water partition coefficient (Wildman–Crippen LogP) is 12.3. The van der Waals surface area contributed by atoms with Crippen LogP contribution in [0.15, 0.2) is 188 Å². The first-order valence-corrected chi connectivity index (χ1v) is 18.3. The number of pyridine rings is 1. The number of hydrogen-bond donors (Lipinski definition) is 0. The summed E-state index contributed by atoms with van der Waals surface area (Å²) in [6.45, 7) is 0. The van der Waals surface area contributed by atoms with Crippen LogP contribution >= 0.6 is 0 Å². The van der Waals surface area contributed by atoms with E-state index < -0.39 is 0 Å². The van der Waals surface area contributed by atoms with Gasteiger partial charge in [-0.25, -0.2) is 15.0 Å². The molecule has 7 aromatic carbocycles. The van der Waals surface area contributed by atoms with Crippen molar-refractivity contribution in [2.24, 2.45) is 0 Å². The van der Waals surface area contributed by atoms with Gasteiger partial charge in [0.25, 0.3) is 0 Å². The largest absolute Gasteiger partial charge is 0.307 e. The molecule has 5 nitrogen and oxygen atoms in total. The van der Waals surface area contributed by atoms with Crippen LogP contribution in [0.4, 0.5) is 0 Å². The second-order valence-corrected chi connectivity index (χ2v) is 13.6. The molecule has 10 rings (SSSR count). The molecule has 0 N–H and O–H groups in total. The maximum Gasteiger partial charge on any atom is 0.160 e. The summed E-state index contributed by atoms with van der Waals surface area (Å²) >= 11 is 0. The molecule has 55 heavy (non-hydrogen) atoms. The van der Waals surface area contributed by atoms with Crippen molar-refractivity contribution in [1.29, 1.82) is 5.26 Å². The minimum Gasteiger partial charge on any atom is -0.307 e. The SMILES string of the molecule is N#Cc1cccc(-c2cc(-c3ccccc3)nc(-c3ccc(-c4ccc(-c5nc6ccccc6c6c7ccccc7n(-c7ccccc7)c56)cc4)cc3)n2)c1. The van der Waals surface area contributed by atoms with Crippen LogP contribution in [0.25, 0.3) is 94.7 Å². The predicted molar refractivity (Wildman–Crippen MR) is 224 cm³/mol. The number of aromatic nitrogens is 4. The lowest BCUT2D eigenvalue weighted by Gasteiger charge is -2.13. The molecular formula is C50H31N5. The summed E-state index contributed by atoms with van der Waals surface area (Å²) in [5, 5.41) is 13.1. The van der Waals surface area contributed by atoms with Gasteiger partial charge in [-0.3, -0.25) is 0 Å². The van der Waals surface area contributed by atoms with Crippen LogP contribution in [0, 0.1) is 11.3 Å². The van der Waals surface area contributed by atoms with E-state index in [9.17, 15) is 5.26 Å². The molecule has 0 radical (unpaired) electrons. The van der Waals surface area contributed by atoms with Crippen molar-refractivity contribution < 1.29 is 0 Å². The molecule has 3 heterocycles. The fourth-order valence-electron chi connectivity index (χ4n) is 7.60. The molecule has 0 amide bonds. The highest BCUT2D eigenvalue weighted by molar-refractivity contribution is 6.23. The molecule has 0 aliphatic carbocycles. The van der Waals surface area contributed by atoms with Gasteiger partial charge in [-0.05, 0) is 53.6 Å². The zero-order valence-corrected chi connectivity index (χ0v) is 29.6. The normalized spacial score (nSPS) is 11.3. The van der Waals surface area contributed by atoms with E-state index in [1.165, 1.54) is 10.8 Å². The van der Waals surface area contributed by atoms with E-state index >= 15 is 0 Å². The van der Waals surface area contributed by atoms with Crippen molar-refractivity contribution in [2.45, 2.75) is 0 Å². The summed E-state index contributed by atoms with van der Waals surface area (Å²) in [4.78, 5) is 15.3. The quantitative estimate of drug-likeness (QED) is 0.173. The third-order valence-corrected chi connectivity index (χ3v) is 10.2. The minimum absolute atomic E-state index is 0.591. The molecule has 0 aliphatic rings. The lowest BCUT2D eigenvalue weighted by Crippen LogP contribution is -1.97. The Bertz CT molecular complexity index is 3070. The molecular weight excluding hydrogens is 671 g/mol. The van der Waals surface area contributed by atoms with Gasteiger partial charge >= 0.3 is 0 Å². The van der Waals surface area contributed by atoms with Crippen LogP contribution in [-0.2, 0) is 0 Å². The van der Waals surface area contributed by atoms with Gasteiger partial charge in [-0.1, -0.05) is 146 Å². The van der Waals surface area contributed by atoms with E-state index in [1.54, 1.807) is 6.07 Å². The topological polar surface area (TPSA) is 67.4 Å². The van der Waals surface area contributed by atoms with Crippen LogP contribution in [0.5, 0.6) is 0 Å². The zero-order chi connectivity index (χ0) is 36.7. The van der Waals surface area contributed by atoms with Gasteiger partial charge in [0, 0.05) is 44.1 Å². The average Bonchev–Trinajstić information content (AvgIpc) is 3.62.